The van der Waals surface area contributed by atoms with Crippen molar-refractivity contribution in [3.63, 3.8) is 0 Å². The van der Waals surface area contributed by atoms with Crippen molar-refractivity contribution < 1.29 is 9.18 Å². The van der Waals surface area contributed by atoms with Crippen LogP contribution in [0.1, 0.15) is 15.9 Å². The summed E-state index contributed by atoms with van der Waals surface area (Å²) in [5.41, 5.74) is 0.847. The third kappa shape index (κ3) is 2.98. The van der Waals surface area contributed by atoms with Crippen molar-refractivity contribution in [2.24, 2.45) is 0 Å². The molecule has 92 valence electrons. The molecule has 0 fully saturated rings. The molecular formula is C14H9BrClFO. The molecule has 0 bridgehead atoms. The highest BCUT2D eigenvalue weighted by atomic mass is 79.9. The van der Waals surface area contributed by atoms with Crippen molar-refractivity contribution in [1.29, 1.82) is 0 Å². The van der Waals surface area contributed by atoms with Gasteiger partial charge in [0.05, 0.1) is 0 Å². The minimum absolute atomic E-state index is 0.00495. The fraction of sp³-hybridized carbons (Fsp3) is 0.0714. The normalized spacial score (nSPS) is 10.4. The first-order chi connectivity index (χ1) is 8.58. The molecule has 18 heavy (non-hydrogen) atoms. The van der Waals surface area contributed by atoms with Gasteiger partial charge in [-0.05, 0) is 29.8 Å². The Balaban J connectivity index is 2.27. The Hall–Kier alpha value is -1.19. The molecule has 2 aromatic carbocycles. The van der Waals surface area contributed by atoms with Crippen molar-refractivity contribution in [1.82, 2.24) is 0 Å². The van der Waals surface area contributed by atoms with Gasteiger partial charge in [-0.25, -0.2) is 4.39 Å². The molecular weight excluding hydrogens is 319 g/mol. The predicted octanol–water partition coefficient (Wildman–Crippen LogP) is 4.67. The van der Waals surface area contributed by atoms with E-state index >= 15 is 0 Å². The fourth-order valence-electron chi connectivity index (χ4n) is 1.63. The van der Waals surface area contributed by atoms with Crippen LogP contribution in [0.5, 0.6) is 0 Å². The van der Waals surface area contributed by atoms with E-state index < -0.39 is 5.82 Å². The second-order valence-electron chi connectivity index (χ2n) is 3.82. The maximum absolute atomic E-state index is 13.5. The van der Waals surface area contributed by atoms with E-state index in [1.807, 2.05) is 6.07 Å². The Morgan fingerprint density at radius 3 is 2.67 bits per heavy atom. The van der Waals surface area contributed by atoms with Crippen LogP contribution in [0, 0.1) is 5.82 Å². The van der Waals surface area contributed by atoms with Gasteiger partial charge in [-0.3, -0.25) is 4.79 Å². The lowest BCUT2D eigenvalue weighted by Gasteiger charge is -2.05. The number of rotatable bonds is 3. The van der Waals surface area contributed by atoms with Gasteiger partial charge in [-0.2, -0.15) is 0 Å². The fourth-order valence-corrected chi connectivity index (χ4v) is 2.33. The average molecular weight is 328 g/mol. The zero-order valence-corrected chi connectivity index (χ0v) is 11.6. The Bertz CT molecular complexity index is 598. The van der Waals surface area contributed by atoms with Crippen molar-refractivity contribution in [2.75, 3.05) is 0 Å². The number of carbonyl (C=O) groups excluding carboxylic acids is 1. The first kappa shape index (κ1) is 13.2. The minimum atomic E-state index is -0.417. The van der Waals surface area contributed by atoms with Crippen LogP contribution >= 0.6 is 27.5 Å². The molecule has 2 rings (SSSR count). The summed E-state index contributed by atoms with van der Waals surface area (Å²) in [7, 11) is 0. The van der Waals surface area contributed by atoms with Crippen LogP contribution < -0.4 is 0 Å². The summed E-state index contributed by atoms with van der Waals surface area (Å²) in [6, 6.07) is 11.3. The van der Waals surface area contributed by atoms with Crippen LogP contribution in [0.2, 0.25) is 5.02 Å². The van der Waals surface area contributed by atoms with E-state index in [9.17, 15) is 9.18 Å². The monoisotopic (exact) mass is 326 g/mol. The summed E-state index contributed by atoms with van der Waals surface area (Å²) < 4.78 is 14.2. The quantitative estimate of drug-likeness (QED) is 0.749. The van der Waals surface area contributed by atoms with Crippen LogP contribution in [-0.2, 0) is 6.42 Å². The van der Waals surface area contributed by atoms with Gasteiger partial charge >= 0.3 is 0 Å². The summed E-state index contributed by atoms with van der Waals surface area (Å²) in [6.07, 6.45) is -0.00495. The zero-order chi connectivity index (χ0) is 13.1. The topological polar surface area (TPSA) is 17.1 Å². The molecule has 2 aromatic rings. The largest absolute Gasteiger partial charge is 0.294 e. The molecule has 0 spiro atoms. The maximum atomic E-state index is 13.5. The maximum Gasteiger partial charge on any atom is 0.168 e. The van der Waals surface area contributed by atoms with Crippen LogP contribution in [0.3, 0.4) is 0 Å². The van der Waals surface area contributed by atoms with Crippen LogP contribution in [-0.4, -0.2) is 5.78 Å². The standard InChI is InChI=1S/C14H9BrClFO/c15-12-4-2-1-3-11(12)14(18)8-9-7-10(16)5-6-13(9)17/h1-7H,8H2. The summed E-state index contributed by atoms with van der Waals surface area (Å²) >= 11 is 9.09. The summed E-state index contributed by atoms with van der Waals surface area (Å²) in [4.78, 5) is 12.1. The van der Waals surface area contributed by atoms with E-state index in [2.05, 4.69) is 15.9 Å². The highest BCUT2D eigenvalue weighted by Gasteiger charge is 2.13. The summed E-state index contributed by atoms with van der Waals surface area (Å²) in [5.74, 6) is -0.566. The molecule has 0 aliphatic rings. The second kappa shape index (κ2) is 5.63. The molecule has 0 aromatic heterocycles. The second-order valence-corrected chi connectivity index (χ2v) is 5.11. The smallest absolute Gasteiger partial charge is 0.168 e. The van der Waals surface area contributed by atoms with Gasteiger partial charge in [0, 0.05) is 21.5 Å². The molecule has 0 unspecified atom stereocenters. The van der Waals surface area contributed by atoms with E-state index in [1.54, 1.807) is 18.2 Å². The Morgan fingerprint density at radius 2 is 1.94 bits per heavy atom. The Morgan fingerprint density at radius 1 is 1.22 bits per heavy atom. The lowest BCUT2D eigenvalue weighted by atomic mass is 10.0. The van der Waals surface area contributed by atoms with Gasteiger partial charge in [-0.1, -0.05) is 45.7 Å². The van der Waals surface area contributed by atoms with E-state index in [1.165, 1.54) is 18.2 Å². The van der Waals surface area contributed by atoms with Gasteiger partial charge in [-0.15, -0.1) is 0 Å². The number of hydrogen-bond donors (Lipinski definition) is 0. The van der Waals surface area contributed by atoms with Crippen molar-refractivity contribution in [2.45, 2.75) is 6.42 Å². The molecule has 0 saturated heterocycles. The van der Waals surface area contributed by atoms with Crippen molar-refractivity contribution in [3.8, 4) is 0 Å². The molecule has 1 nitrogen and oxygen atoms in total. The zero-order valence-electron chi connectivity index (χ0n) is 9.29. The number of carbonyl (C=O) groups is 1. The molecule has 0 amide bonds. The van der Waals surface area contributed by atoms with E-state index in [0.29, 0.717) is 20.6 Å². The minimum Gasteiger partial charge on any atom is -0.294 e. The van der Waals surface area contributed by atoms with Crippen LogP contribution in [0.25, 0.3) is 0 Å². The predicted molar refractivity (Wildman–Crippen MR) is 73.6 cm³/mol. The third-order valence-corrected chi connectivity index (χ3v) is 3.46. The molecule has 0 saturated carbocycles. The van der Waals surface area contributed by atoms with Gasteiger partial charge in [0.15, 0.2) is 5.78 Å². The Labute approximate surface area is 118 Å². The number of ketones is 1. The number of hydrogen-bond acceptors (Lipinski definition) is 1. The molecule has 0 aliphatic heterocycles. The van der Waals surface area contributed by atoms with Gasteiger partial charge in [0.2, 0.25) is 0 Å². The lowest BCUT2D eigenvalue weighted by molar-refractivity contribution is 0.0991. The van der Waals surface area contributed by atoms with Crippen LogP contribution in [0.4, 0.5) is 4.39 Å². The van der Waals surface area contributed by atoms with Gasteiger partial charge in [0.25, 0.3) is 0 Å². The lowest BCUT2D eigenvalue weighted by Crippen LogP contribution is -2.06. The molecule has 0 heterocycles. The van der Waals surface area contributed by atoms with E-state index in [-0.39, 0.29) is 12.2 Å². The van der Waals surface area contributed by atoms with Gasteiger partial charge in [0.1, 0.15) is 5.82 Å². The number of halogens is 3. The van der Waals surface area contributed by atoms with Gasteiger partial charge < -0.3 is 0 Å². The highest BCUT2D eigenvalue weighted by molar-refractivity contribution is 9.10. The Kier molecular flexibility index (Phi) is 4.15. The van der Waals surface area contributed by atoms with Crippen LogP contribution in [0.15, 0.2) is 46.9 Å². The van der Waals surface area contributed by atoms with Crippen molar-refractivity contribution >= 4 is 33.3 Å². The summed E-state index contributed by atoms with van der Waals surface area (Å²) in [6.45, 7) is 0. The first-order valence-electron chi connectivity index (χ1n) is 5.29. The molecule has 0 atom stereocenters. The van der Waals surface area contributed by atoms with E-state index in [0.717, 1.165) is 0 Å². The third-order valence-electron chi connectivity index (χ3n) is 2.53. The summed E-state index contributed by atoms with van der Waals surface area (Å²) in [5, 5.41) is 0.423. The SMILES string of the molecule is O=C(Cc1cc(Cl)ccc1F)c1ccccc1Br. The number of Topliss-reactive ketones (excluding diaryl/α,β-unsaturated/α-hetero) is 1. The average Bonchev–Trinajstić information content (AvgIpc) is 2.34. The molecule has 0 radical (unpaired) electrons. The molecule has 0 aliphatic carbocycles. The molecule has 4 heteroatoms. The highest BCUT2D eigenvalue weighted by Crippen LogP contribution is 2.20. The number of benzene rings is 2. The first-order valence-corrected chi connectivity index (χ1v) is 6.46. The molecule has 0 N–H and O–H groups in total. The van der Waals surface area contributed by atoms with Crippen molar-refractivity contribution in [3.05, 3.63) is 68.9 Å². The van der Waals surface area contributed by atoms with E-state index in [4.69, 9.17) is 11.6 Å².